The molecule has 0 aromatic carbocycles. The fourth-order valence-electron chi connectivity index (χ4n) is 1.80. The summed E-state index contributed by atoms with van der Waals surface area (Å²) in [5, 5.41) is 3.99. The van der Waals surface area contributed by atoms with E-state index in [0.29, 0.717) is 5.65 Å². The molecule has 0 aliphatic carbocycles. The molecular formula is C12H7F3N4. The van der Waals surface area contributed by atoms with E-state index in [-0.39, 0.29) is 11.3 Å². The van der Waals surface area contributed by atoms with E-state index in [2.05, 4.69) is 15.1 Å². The standard InChI is InChI=1S/C12H7F3N4/c13-12(14,15)9-2-1-3-17-11(9)8-6-10-16-4-5-19(10)18-7-8/h1-7H. The van der Waals surface area contributed by atoms with Gasteiger partial charge in [-0.2, -0.15) is 18.3 Å². The lowest BCUT2D eigenvalue weighted by molar-refractivity contribution is -0.137. The van der Waals surface area contributed by atoms with Crippen molar-refractivity contribution in [2.24, 2.45) is 0 Å². The molecule has 0 saturated heterocycles. The fraction of sp³-hybridized carbons (Fsp3) is 0.0833. The van der Waals surface area contributed by atoms with Gasteiger partial charge in [0.05, 0.1) is 17.5 Å². The van der Waals surface area contributed by atoms with Crippen molar-refractivity contribution in [3.8, 4) is 11.3 Å². The highest BCUT2D eigenvalue weighted by Crippen LogP contribution is 2.35. The molecule has 0 amide bonds. The van der Waals surface area contributed by atoms with Crippen molar-refractivity contribution in [3.05, 3.63) is 48.5 Å². The van der Waals surface area contributed by atoms with E-state index in [0.717, 1.165) is 6.07 Å². The Labute approximate surface area is 105 Å². The van der Waals surface area contributed by atoms with E-state index in [9.17, 15) is 13.2 Å². The van der Waals surface area contributed by atoms with Crippen LogP contribution < -0.4 is 0 Å². The van der Waals surface area contributed by atoms with Gasteiger partial charge in [-0.25, -0.2) is 9.50 Å². The first kappa shape index (κ1) is 11.6. The first-order valence-corrected chi connectivity index (χ1v) is 5.38. The zero-order valence-corrected chi connectivity index (χ0v) is 9.46. The number of imidazole rings is 1. The number of nitrogens with zero attached hydrogens (tertiary/aromatic N) is 4. The average molecular weight is 264 g/mol. The molecule has 4 nitrogen and oxygen atoms in total. The molecule has 3 rings (SSSR count). The molecule has 96 valence electrons. The summed E-state index contributed by atoms with van der Waals surface area (Å²) in [6.07, 6.45) is 1.34. The largest absolute Gasteiger partial charge is 0.418 e. The molecule has 0 atom stereocenters. The fourth-order valence-corrected chi connectivity index (χ4v) is 1.80. The average Bonchev–Trinajstić information content (AvgIpc) is 2.85. The van der Waals surface area contributed by atoms with Gasteiger partial charge < -0.3 is 0 Å². The first-order chi connectivity index (χ1) is 9.05. The second kappa shape index (κ2) is 4.04. The summed E-state index contributed by atoms with van der Waals surface area (Å²) in [7, 11) is 0. The maximum Gasteiger partial charge on any atom is 0.418 e. The summed E-state index contributed by atoms with van der Waals surface area (Å²) in [4.78, 5) is 7.80. The normalized spacial score (nSPS) is 11.9. The number of pyridine rings is 1. The topological polar surface area (TPSA) is 43.1 Å². The highest BCUT2D eigenvalue weighted by Gasteiger charge is 2.34. The molecule has 0 aliphatic heterocycles. The number of fused-ring (bicyclic) bond motifs is 1. The molecule has 0 bridgehead atoms. The number of alkyl halides is 3. The molecule has 0 N–H and O–H groups in total. The predicted octanol–water partition coefficient (Wildman–Crippen LogP) is 2.81. The van der Waals surface area contributed by atoms with Gasteiger partial charge in [-0.3, -0.25) is 4.98 Å². The lowest BCUT2D eigenvalue weighted by Crippen LogP contribution is -2.08. The van der Waals surface area contributed by atoms with Gasteiger partial charge in [0.25, 0.3) is 0 Å². The highest BCUT2D eigenvalue weighted by atomic mass is 19.4. The van der Waals surface area contributed by atoms with Gasteiger partial charge in [-0.05, 0) is 18.2 Å². The Morgan fingerprint density at radius 1 is 1.11 bits per heavy atom. The molecule has 0 radical (unpaired) electrons. The van der Waals surface area contributed by atoms with Crippen molar-refractivity contribution < 1.29 is 13.2 Å². The quantitative estimate of drug-likeness (QED) is 0.678. The first-order valence-electron chi connectivity index (χ1n) is 5.38. The summed E-state index contributed by atoms with van der Waals surface area (Å²) < 4.78 is 40.2. The summed E-state index contributed by atoms with van der Waals surface area (Å²) in [5.41, 5.74) is -0.177. The van der Waals surface area contributed by atoms with Crippen molar-refractivity contribution in [3.63, 3.8) is 0 Å². The SMILES string of the molecule is FC(F)(F)c1cccnc1-c1cnn2ccnc2c1. The van der Waals surface area contributed by atoms with Crippen molar-refractivity contribution in [2.75, 3.05) is 0 Å². The molecule has 0 fully saturated rings. The van der Waals surface area contributed by atoms with E-state index >= 15 is 0 Å². The van der Waals surface area contributed by atoms with Crippen LogP contribution in [0.1, 0.15) is 5.56 Å². The molecule has 0 unspecified atom stereocenters. The zero-order chi connectivity index (χ0) is 13.5. The second-order valence-electron chi connectivity index (χ2n) is 3.87. The third kappa shape index (κ3) is 2.03. The van der Waals surface area contributed by atoms with Gasteiger partial charge in [-0.15, -0.1) is 0 Å². The van der Waals surface area contributed by atoms with E-state index < -0.39 is 11.7 Å². The minimum Gasteiger partial charge on any atom is -0.256 e. The minimum absolute atomic E-state index is 0.145. The summed E-state index contributed by atoms with van der Waals surface area (Å²) in [5.74, 6) is 0. The van der Waals surface area contributed by atoms with Crippen LogP contribution >= 0.6 is 0 Å². The Balaban J connectivity index is 2.21. The Kier molecular flexibility index (Phi) is 2.48. The monoisotopic (exact) mass is 264 g/mol. The van der Waals surface area contributed by atoms with Crippen LogP contribution in [-0.2, 0) is 6.18 Å². The van der Waals surface area contributed by atoms with Gasteiger partial charge >= 0.3 is 6.18 Å². The maximum atomic E-state index is 12.9. The molecule has 3 aromatic rings. The molecule has 3 aromatic heterocycles. The molecule has 3 heterocycles. The maximum absolute atomic E-state index is 12.9. The number of hydrogen-bond donors (Lipinski definition) is 0. The van der Waals surface area contributed by atoms with Crippen LogP contribution in [0.2, 0.25) is 0 Å². The van der Waals surface area contributed by atoms with Crippen LogP contribution in [0.3, 0.4) is 0 Å². The smallest absolute Gasteiger partial charge is 0.256 e. The van der Waals surface area contributed by atoms with E-state index in [1.165, 1.54) is 35.2 Å². The van der Waals surface area contributed by atoms with Crippen LogP contribution in [0, 0.1) is 0 Å². The molecule has 0 saturated carbocycles. The van der Waals surface area contributed by atoms with Crippen molar-refractivity contribution in [1.29, 1.82) is 0 Å². The Morgan fingerprint density at radius 2 is 1.95 bits per heavy atom. The van der Waals surface area contributed by atoms with Gasteiger partial charge in [-0.1, -0.05) is 0 Å². The molecule has 19 heavy (non-hydrogen) atoms. The molecule has 0 spiro atoms. The molecule has 0 aliphatic rings. The zero-order valence-electron chi connectivity index (χ0n) is 9.46. The van der Waals surface area contributed by atoms with Crippen LogP contribution in [-0.4, -0.2) is 19.6 Å². The summed E-state index contributed by atoms with van der Waals surface area (Å²) >= 11 is 0. The lowest BCUT2D eigenvalue weighted by Gasteiger charge is -2.11. The van der Waals surface area contributed by atoms with Crippen molar-refractivity contribution in [1.82, 2.24) is 19.6 Å². The number of hydrogen-bond acceptors (Lipinski definition) is 3. The minimum atomic E-state index is -4.45. The van der Waals surface area contributed by atoms with Gasteiger partial charge in [0.1, 0.15) is 0 Å². The molecule has 7 heteroatoms. The second-order valence-corrected chi connectivity index (χ2v) is 3.87. The van der Waals surface area contributed by atoms with Gasteiger partial charge in [0.15, 0.2) is 5.65 Å². The van der Waals surface area contributed by atoms with E-state index in [1.54, 1.807) is 6.20 Å². The summed E-state index contributed by atoms with van der Waals surface area (Å²) in [6, 6.07) is 3.77. The van der Waals surface area contributed by atoms with Crippen molar-refractivity contribution in [2.45, 2.75) is 6.18 Å². The van der Waals surface area contributed by atoms with Gasteiger partial charge in [0, 0.05) is 24.2 Å². The number of aromatic nitrogens is 4. The van der Waals surface area contributed by atoms with E-state index in [1.807, 2.05) is 0 Å². The van der Waals surface area contributed by atoms with Crippen molar-refractivity contribution >= 4 is 5.65 Å². The highest BCUT2D eigenvalue weighted by molar-refractivity contribution is 5.66. The number of rotatable bonds is 1. The Hall–Kier alpha value is -2.44. The molecular weight excluding hydrogens is 257 g/mol. The van der Waals surface area contributed by atoms with Crippen LogP contribution in [0.25, 0.3) is 16.9 Å². The third-order valence-corrected chi connectivity index (χ3v) is 2.64. The number of halogens is 3. The van der Waals surface area contributed by atoms with Crippen LogP contribution in [0.4, 0.5) is 13.2 Å². The third-order valence-electron chi connectivity index (χ3n) is 2.64. The van der Waals surface area contributed by atoms with Crippen LogP contribution in [0.5, 0.6) is 0 Å². The van der Waals surface area contributed by atoms with Crippen LogP contribution in [0.15, 0.2) is 43.0 Å². The summed E-state index contributed by atoms with van der Waals surface area (Å²) in [6.45, 7) is 0. The Bertz CT molecular complexity index is 733. The predicted molar refractivity (Wildman–Crippen MR) is 61.2 cm³/mol. The van der Waals surface area contributed by atoms with E-state index in [4.69, 9.17) is 0 Å². The lowest BCUT2D eigenvalue weighted by atomic mass is 10.1. The Morgan fingerprint density at radius 3 is 2.74 bits per heavy atom. The van der Waals surface area contributed by atoms with Gasteiger partial charge in [0.2, 0.25) is 0 Å².